The molecule has 1 N–H and O–H groups in total. The lowest BCUT2D eigenvalue weighted by Gasteiger charge is -2.35. The molecule has 1 aliphatic heterocycles. The summed E-state index contributed by atoms with van der Waals surface area (Å²) in [6, 6.07) is 10.3. The van der Waals surface area contributed by atoms with Gasteiger partial charge in [0.05, 0.1) is 6.10 Å². The minimum Gasteiger partial charge on any atom is -0.389 e. The van der Waals surface area contributed by atoms with Crippen LogP contribution >= 0.6 is 11.8 Å². The van der Waals surface area contributed by atoms with Gasteiger partial charge in [0.2, 0.25) is 5.91 Å². The molecule has 1 aliphatic rings. The molecule has 1 aromatic carbocycles. The predicted molar refractivity (Wildman–Crippen MR) is 69.8 cm³/mol. The second kappa shape index (κ2) is 6.07. The van der Waals surface area contributed by atoms with Crippen LogP contribution in [0, 0.1) is 0 Å². The predicted octanol–water partition coefficient (Wildman–Crippen LogP) is 1.51. The van der Waals surface area contributed by atoms with E-state index in [0.29, 0.717) is 19.5 Å². The van der Waals surface area contributed by atoms with Crippen molar-refractivity contribution in [1.29, 1.82) is 0 Å². The third kappa shape index (κ3) is 3.75. The summed E-state index contributed by atoms with van der Waals surface area (Å²) in [6.45, 7) is 1.03. The molecule has 2 rings (SSSR count). The van der Waals surface area contributed by atoms with Gasteiger partial charge in [0.1, 0.15) is 0 Å². The zero-order valence-corrected chi connectivity index (χ0v) is 10.5. The SMILES string of the molecule is O=C(CCSCc1ccccc1)N1CC(O)C1. The lowest BCUT2D eigenvalue weighted by atomic mass is 10.1. The van der Waals surface area contributed by atoms with Gasteiger partial charge in [-0.05, 0) is 5.56 Å². The Kier molecular flexibility index (Phi) is 4.45. The average molecular weight is 251 g/mol. The highest BCUT2D eigenvalue weighted by Crippen LogP contribution is 2.15. The molecule has 1 amide bonds. The molecule has 4 heteroatoms. The van der Waals surface area contributed by atoms with Crippen molar-refractivity contribution in [2.75, 3.05) is 18.8 Å². The van der Waals surface area contributed by atoms with Crippen molar-refractivity contribution in [2.24, 2.45) is 0 Å². The molecule has 0 aromatic heterocycles. The number of carbonyl (C=O) groups is 1. The van der Waals surface area contributed by atoms with Crippen LogP contribution < -0.4 is 0 Å². The van der Waals surface area contributed by atoms with E-state index in [9.17, 15) is 4.79 Å². The highest BCUT2D eigenvalue weighted by atomic mass is 32.2. The van der Waals surface area contributed by atoms with Crippen LogP contribution in [0.15, 0.2) is 30.3 Å². The molecule has 3 nitrogen and oxygen atoms in total. The number of carbonyl (C=O) groups excluding carboxylic acids is 1. The molecule has 0 radical (unpaired) electrons. The van der Waals surface area contributed by atoms with E-state index < -0.39 is 0 Å². The number of benzene rings is 1. The Morgan fingerprint density at radius 3 is 2.71 bits per heavy atom. The first-order valence-corrected chi connectivity index (χ1v) is 6.98. The molecule has 1 fully saturated rings. The Balaban J connectivity index is 1.59. The van der Waals surface area contributed by atoms with Crippen molar-refractivity contribution in [3.63, 3.8) is 0 Å². The van der Waals surface area contributed by atoms with Gasteiger partial charge in [-0.1, -0.05) is 30.3 Å². The number of hydrogen-bond donors (Lipinski definition) is 1. The number of aliphatic hydroxyl groups excluding tert-OH is 1. The number of β-amino-alcohol motifs (C(OH)–C–C–N with tert-alkyl or cyclic N) is 1. The average Bonchev–Trinajstić information content (AvgIpc) is 2.32. The fourth-order valence-electron chi connectivity index (χ4n) is 1.74. The summed E-state index contributed by atoms with van der Waals surface area (Å²) in [5.41, 5.74) is 1.30. The van der Waals surface area contributed by atoms with Gasteiger partial charge < -0.3 is 10.0 Å². The summed E-state index contributed by atoms with van der Waals surface area (Å²) in [6.07, 6.45) is 0.278. The van der Waals surface area contributed by atoms with Crippen LogP contribution in [0.1, 0.15) is 12.0 Å². The van der Waals surface area contributed by atoms with Crippen molar-refractivity contribution in [2.45, 2.75) is 18.3 Å². The Morgan fingerprint density at radius 2 is 2.06 bits per heavy atom. The maximum absolute atomic E-state index is 11.6. The molecule has 0 bridgehead atoms. The molecule has 0 spiro atoms. The molecule has 17 heavy (non-hydrogen) atoms. The van der Waals surface area contributed by atoms with Crippen LogP contribution in [0.3, 0.4) is 0 Å². The Labute approximate surface area is 106 Å². The van der Waals surface area contributed by atoms with E-state index in [1.54, 1.807) is 16.7 Å². The summed E-state index contributed by atoms with van der Waals surface area (Å²) in [4.78, 5) is 13.3. The van der Waals surface area contributed by atoms with E-state index in [-0.39, 0.29) is 12.0 Å². The maximum Gasteiger partial charge on any atom is 0.223 e. The number of likely N-dealkylation sites (tertiary alicyclic amines) is 1. The van der Waals surface area contributed by atoms with Crippen LogP contribution in [0.4, 0.5) is 0 Å². The molecule has 0 unspecified atom stereocenters. The molecule has 0 atom stereocenters. The highest BCUT2D eigenvalue weighted by molar-refractivity contribution is 7.98. The van der Waals surface area contributed by atoms with Crippen LogP contribution in [0.25, 0.3) is 0 Å². The largest absolute Gasteiger partial charge is 0.389 e. The smallest absolute Gasteiger partial charge is 0.223 e. The summed E-state index contributed by atoms with van der Waals surface area (Å²) in [5, 5.41) is 9.09. The minimum absolute atomic E-state index is 0.163. The summed E-state index contributed by atoms with van der Waals surface area (Å²) in [5.74, 6) is 1.97. The quantitative estimate of drug-likeness (QED) is 0.807. The van der Waals surface area contributed by atoms with Crippen LogP contribution in [-0.4, -0.2) is 40.9 Å². The van der Waals surface area contributed by atoms with E-state index in [1.165, 1.54) is 5.56 Å². The molecule has 1 heterocycles. The molecule has 92 valence electrons. The van der Waals surface area contributed by atoms with Crippen molar-refractivity contribution < 1.29 is 9.90 Å². The van der Waals surface area contributed by atoms with Gasteiger partial charge in [-0.25, -0.2) is 0 Å². The molecule has 1 aromatic rings. The van der Waals surface area contributed by atoms with E-state index in [2.05, 4.69) is 12.1 Å². The van der Waals surface area contributed by atoms with Crippen molar-refractivity contribution in [1.82, 2.24) is 4.90 Å². The Bertz CT molecular complexity index is 363. The first kappa shape index (κ1) is 12.5. The third-order valence-electron chi connectivity index (χ3n) is 2.79. The second-order valence-electron chi connectivity index (χ2n) is 4.24. The number of thioether (sulfide) groups is 1. The monoisotopic (exact) mass is 251 g/mol. The van der Waals surface area contributed by atoms with Crippen LogP contribution in [-0.2, 0) is 10.5 Å². The molecule has 1 saturated heterocycles. The highest BCUT2D eigenvalue weighted by Gasteiger charge is 2.27. The standard InChI is InChI=1S/C13H17NO2S/c15-12-8-14(9-12)13(16)6-7-17-10-11-4-2-1-3-5-11/h1-5,12,15H,6-10H2. The van der Waals surface area contributed by atoms with Crippen LogP contribution in [0.2, 0.25) is 0 Å². The maximum atomic E-state index is 11.6. The number of aliphatic hydroxyl groups is 1. The van der Waals surface area contributed by atoms with Crippen LogP contribution in [0.5, 0.6) is 0 Å². The summed E-state index contributed by atoms with van der Waals surface area (Å²) < 4.78 is 0. The van der Waals surface area contributed by atoms with Gasteiger partial charge in [-0.3, -0.25) is 4.79 Å². The van der Waals surface area contributed by atoms with Gasteiger partial charge in [-0.15, -0.1) is 0 Å². The number of rotatable bonds is 5. The van der Waals surface area contributed by atoms with E-state index in [1.807, 2.05) is 18.2 Å². The van der Waals surface area contributed by atoms with Gasteiger partial charge >= 0.3 is 0 Å². The fraction of sp³-hybridized carbons (Fsp3) is 0.462. The first-order chi connectivity index (χ1) is 8.25. The molecular formula is C13H17NO2S. The van der Waals surface area contributed by atoms with E-state index in [0.717, 1.165) is 11.5 Å². The third-order valence-corrected chi connectivity index (χ3v) is 3.82. The molecular weight excluding hydrogens is 234 g/mol. The Morgan fingerprint density at radius 1 is 1.35 bits per heavy atom. The van der Waals surface area contributed by atoms with Gasteiger partial charge in [0.25, 0.3) is 0 Å². The van der Waals surface area contributed by atoms with Gasteiger partial charge in [0, 0.05) is 31.0 Å². The van der Waals surface area contributed by atoms with Gasteiger partial charge in [-0.2, -0.15) is 11.8 Å². The fourth-order valence-corrected chi connectivity index (χ4v) is 2.63. The zero-order valence-electron chi connectivity index (χ0n) is 9.71. The summed E-state index contributed by atoms with van der Waals surface area (Å²) in [7, 11) is 0. The summed E-state index contributed by atoms with van der Waals surface area (Å²) >= 11 is 1.78. The van der Waals surface area contributed by atoms with Crippen molar-refractivity contribution in [3.8, 4) is 0 Å². The lowest BCUT2D eigenvalue weighted by Crippen LogP contribution is -2.53. The van der Waals surface area contributed by atoms with E-state index >= 15 is 0 Å². The number of hydrogen-bond acceptors (Lipinski definition) is 3. The Hall–Kier alpha value is -1.00. The van der Waals surface area contributed by atoms with E-state index in [4.69, 9.17) is 5.11 Å². The van der Waals surface area contributed by atoms with Crippen molar-refractivity contribution >= 4 is 17.7 Å². The topological polar surface area (TPSA) is 40.5 Å². The number of nitrogens with zero attached hydrogens (tertiary/aromatic N) is 1. The van der Waals surface area contributed by atoms with Crippen molar-refractivity contribution in [3.05, 3.63) is 35.9 Å². The molecule has 0 aliphatic carbocycles. The zero-order chi connectivity index (χ0) is 12.1. The normalized spacial score (nSPS) is 15.7. The first-order valence-electron chi connectivity index (χ1n) is 5.83. The molecule has 0 saturated carbocycles. The second-order valence-corrected chi connectivity index (χ2v) is 5.35. The lowest BCUT2D eigenvalue weighted by molar-refractivity contribution is -0.140. The van der Waals surface area contributed by atoms with Gasteiger partial charge in [0.15, 0.2) is 0 Å². The number of amides is 1. The minimum atomic E-state index is -0.295.